The van der Waals surface area contributed by atoms with Crippen LogP contribution in [-0.2, 0) is 0 Å². The summed E-state index contributed by atoms with van der Waals surface area (Å²) in [5.74, 6) is 2.67. The zero-order chi connectivity index (χ0) is 14.5. The van der Waals surface area contributed by atoms with Gasteiger partial charge in [-0.05, 0) is 37.4 Å². The molecule has 0 bridgehead atoms. The monoisotopic (exact) mass is 297 g/mol. The molecule has 1 aromatic carbocycles. The van der Waals surface area contributed by atoms with Crippen molar-refractivity contribution in [3.8, 4) is 11.5 Å². The largest absolute Gasteiger partial charge is 0.493 e. The second kappa shape index (κ2) is 7.19. The summed E-state index contributed by atoms with van der Waals surface area (Å²) in [7, 11) is 1.65. The number of hydrogen-bond donors (Lipinski definition) is 1. The molecule has 0 saturated carbocycles. The Bertz CT molecular complexity index is 430. The van der Waals surface area contributed by atoms with E-state index < -0.39 is 0 Å². The smallest absolute Gasteiger partial charge is 0.162 e. The first-order valence-corrected chi connectivity index (χ1v) is 7.69. The van der Waals surface area contributed by atoms with Crippen LogP contribution in [0.15, 0.2) is 18.2 Å². The molecule has 112 valence electrons. The fourth-order valence-corrected chi connectivity index (χ4v) is 2.86. The van der Waals surface area contributed by atoms with Gasteiger partial charge in [-0.15, -0.1) is 0 Å². The number of halogens is 1. The molecular weight excluding hydrogens is 274 g/mol. The molecule has 1 fully saturated rings. The van der Waals surface area contributed by atoms with Crippen LogP contribution in [0.3, 0.4) is 0 Å². The van der Waals surface area contributed by atoms with Crippen LogP contribution >= 0.6 is 11.6 Å². The van der Waals surface area contributed by atoms with Crippen LogP contribution in [-0.4, -0.2) is 26.3 Å². The Morgan fingerprint density at radius 2 is 2.15 bits per heavy atom. The minimum Gasteiger partial charge on any atom is -0.493 e. The summed E-state index contributed by atoms with van der Waals surface area (Å²) >= 11 is 6.00. The molecule has 3 nitrogen and oxygen atoms in total. The lowest BCUT2D eigenvalue weighted by Gasteiger charge is -2.26. The summed E-state index contributed by atoms with van der Waals surface area (Å²) in [6, 6.07) is 5.55. The Balaban J connectivity index is 2.13. The third-order valence-electron chi connectivity index (χ3n) is 3.73. The number of benzene rings is 1. The lowest BCUT2D eigenvalue weighted by molar-refractivity contribution is 0.115. The lowest BCUT2D eigenvalue weighted by atomic mass is 9.93. The fourth-order valence-electron chi connectivity index (χ4n) is 2.70. The Morgan fingerprint density at radius 1 is 1.35 bits per heavy atom. The van der Waals surface area contributed by atoms with E-state index in [1.807, 2.05) is 12.1 Å². The van der Waals surface area contributed by atoms with Gasteiger partial charge >= 0.3 is 0 Å². The molecule has 1 aliphatic heterocycles. The number of nitrogens with one attached hydrogen (secondary N) is 1. The number of methoxy groups -OCH3 is 1. The highest BCUT2D eigenvalue weighted by Crippen LogP contribution is 2.33. The molecular formula is C16H24ClNO2. The van der Waals surface area contributed by atoms with Gasteiger partial charge in [0, 0.05) is 23.6 Å². The second-order valence-corrected chi connectivity index (χ2v) is 6.27. The van der Waals surface area contributed by atoms with Gasteiger partial charge < -0.3 is 14.8 Å². The third-order valence-corrected chi connectivity index (χ3v) is 3.97. The van der Waals surface area contributed by atoms with E-state index >= 15 is 0 Å². The summed E-state index contributed by atoms with van der Waals surface area (Å²) in [5, 5.41) is 4.08. The molecule has 1 heterocycles. The molecule has 1 N–H and O–H groups in total. The quantitative estimate of drug-likeness (QED) is 0.867. The molecule has 4 heteroatoms. The molecule has 2 atom stereocenters. The topological polar surface area (TPSA) is 30.5 Å². The summed E-state index contributed by atoms with van der Waals surface area (Å²) in [6.07, 6.45) is 2.45. The first kappa shape index (κ1) is 15.5. The zero-order valence-electron chi connectivity index (χ0n) is 12.5. The maximum absolute atomic E-state index is 6.26. The molecule has 0 unspecified atom stereocenters. The minimum absolute atomic E-state index is 0.222. The van der Waals surface area contributed by atoms with Crippen LogP contribution in [0.4, 0.5) is 0 Å². The van der Waals surface area contributed by atoms with Crippen LogP contribution in [0.5, 0.6) is 11.5 Å². The van der Waals surface area contributed by atoms with E-state index in [-0.39, 0.29) is 6.10 Å². The van der Waals surface area contributed by atoms with Crippen molar-refractivity contribution in [3.63, 3.8) is 0 Å². The van der Waals surface area contributed by atoms with Crippen molar-refractivity contribution in [3.05, 3.63) is 23.2 Å². The van der Waals surface area contributed by atoms with Crippen molar-refractivity contribution < 1.29 is 9.47 Å². The van der Waals surface area contributed by atoms with E-state index in [4.69, 9.17) is 21.1 Å². The maximum Gasteiger partial charge on any atom is 0.162 e. The lowest BCUT2D eigenvalue weighted by Crippen LogP contribution is -2.30. The maximum atomic E-state index is 6.26. The van der Waals surface area contributed by atoms with Crippen molar-refractivity contribution >= 4 is 11.6 Å². The number of hydrogen-bond acceptors (Lipinski definition) is 3. The average Bonchev–Trinajstić information content (AvgIpc) is 2.93. The normalized spacial score (nSPS) is 20.1. The van der Waals surface area contributed by atoms with Crippen molar-refractivity contribution in [1.82, 2.24) is 5.32 Å². The van der Waals surface area contributed by atoms with Gasteiger partial charge in [0.2, 0.25) is 0 Å². The van der Waals surface area contributed by atoms with E-state index in [9.17, 15) is 0 Å². The van der Waals surface area contributed by atoms with Gasteiger partial charge in [-0.1, -0.05) is 25.4 Å². The highest BCUT2D eigenvalue weighted by Gasteiger charge is 2.28. The van der Waals surface area contributed by atoms with Gasteiger partial charge in [0.05, 0.1) is 7.11 Å². The first-order chi connectivity index (χ1) is 9.60. The molecule has 1 aromatic rings. The fraction of sp³-hybridized carbons (Fsp3) is 0.625. The molecule has 2 rings (SSSR count). The van der Waals surface area contributed by atoms with Gasteiger partial charge in [-0.2, -0.15) is 0 Å². The summed E-state index contributed by atoms with van der Waals surface area (Å²) < 4.78 is 11.6. The van der Waals surface area contributed by atoms with Gasteiger partial charge in [0.15, 0.2) is 11.5 Å². The van der Waals surface area contributed by atoms with Crippen molar-refractivity contribution in [2.24, 2.45) is 11.8 Å². The average molecular weight is 298 g/mol. The van der Waals surface area contributed by atoms with E-state index in [1.165, 1.54) is 6.42 Å². The predicted octanol–water partition coefficient (Wildman–Crippen LogP) is 3.75. The van der Waals surface area contributed by atoms with E-state index in [0.29, 0.717) is 22.6 Å². The standard InChI is InChI=1S/C16H24ClNO2/c1-11(2)8-15(12-6-7-18-10-12)20-14-5-4-13(17)9-16(14)19-3/h4-5,9,11-12,15,18H,6-8,10H2,1-3H3/t12-,15-/m0/s1. The minimum atomic E-state index is 0.222. The highest BCUT2D eigenvalue weighted by atomic mass is 35.5. The van der Waals surface area contributed by atoms with Gasteiger partial charge in [-0.25, -0.2) is 0 Å². The van der Waals surface area contributed by atoms with Crippen LogP contribution in [0, 0.1) is 11.8 Å². The Kier molecular flexibility index (Phi) is 5.55. The number of ether oxygens (including phenoxy) is 2. The predicted molar refractivity (Wildman–Crippen MR) is 82.9 cm³/mol. The number of rotatable bonds is 6. The molecule has 20 heavy (non-hydrogen) atoms. The van der Waals surface area contributed by atoms with Crippen LogP contribution in [0.25, 0.3) is 0 Å². The van der Waals surface area contributed by atoms with E-state index in [2.05, 4.69) is 19.2 Å². The van der Waals surface area contributed by atoms with Crippen molar-refractivity contribution in [2.45, 2.75) is 32.8 Å². The zero-order valence-corrected chi connectivity index (χ0v) is 13.2. The molecule has 0 aliphatic carbocycles. The van der Waals surface area contributed by atoms with Gasteiger partial charge in [0.1, 0.15) is 6.10 Å². The molecule has 0 amide bonds. The Morgan fingerprint density at radius 3 is 2.75 bits per heavy atom. The Labute approximate surface area is 126 Å². The van der Waals surface area contributed by atoms with Crippen molar-refractivity contribution in [2.75, 3.05) is 20.2 Å². The Hall–Kier alpha value is -0.930. The SMILES string of the molecule is COc1cc(Cl)ccc1O[C@@H](CC(C)C)[C@H]1CCNC1. The summed E-state index contributed by atoms with van der Waals surface area (Å²) in [4.78, 5) is 0. The molecule has 1 saturated heterocycles. The molecule has 0 spiro atoms. The second-order valence-electron chi connectivity index (χ2n) is 5.83. The van der Waals surface area contributed by atoms with Gasteiger partial charge in [-0.3, -0.25) is 0 Å². The first-order valence-electron chi connectivity index (χ1n) is 7.31. The van der Waals surface area contributed by atoms with Crippen molar-refractivity contribution in [1.29, 1.82) is 0 Å². The van der Waals surface area contributed by atoms with E-state index in [0.717, 1.165) is 25.3 Å². The molecule has 0 radical (unpaired) electrons. The van der Waals surface area contributed by atoms with Crippen LogP contribution in [0.2, 0.25) is 5.02 Å². The van der Waals surface area contributed by atoms with E-state index in [1.54, 1.807) is 13.2 Å². The molecule has 0 aromatic heterocycles. The summed E-state index contributed by atoms with van der Waals surface area (Å²) in [5.41, 5.74) is 0. The van der Waals surface area contributed by atoms with Crippen LogP contribution in [0.1, 0.15) is 26.7 Å². The molecule has 1 aliphatic rings. The van der Waals surface area contributed by atoms with Crippen LogP contribution < -0.4 is 14.8 Å². The third kappa shape index (κ3) is 4.03. The van der Waals surface area contributed by atoms with Gasteiger partial charge in [0.25, 0.3) is 0 Å². The highest BCUT2D eigenvalue weighted by molar-refractivity contribution is 6.30. The summed E-state index contributed by atoms with van der Waals surface area (Å²) in [6.45, 7) is 6.59.